The minimum Gasteiger partial charge on any atom is -0.379 e. The van der Waals surface area contributed by atoms with Crippen LogP contribution in [0.25, 0.3) is 0 Å². The average Bonchev–Trinajstić information content (AvgIpc) is 3.36. The van der Waals surface area contributed by atoms with Gasteiger partial charge >= 0.3 is 0 Å². The highest BCUT2D eigenvalue weighted by atomic mass is 127. The van der Waals surface area contributed by atoms with E-state index in [1.54, 1.807) is 0 Å². The first kappa shape index (κ1) is 23.4. The molecule has 0 unspecified atom stereocenters. The number of aliphatic imine (C=N–C) groups is 1. The predicted molar refractivity (Wildman–Crippen MR) is 110 cm³/mol. The molecule has 1 aliphatic carbocycles. The molecule has 0 bridgehead atoms. The van der Waals surface area contributed by atoms with Gasteiger partial charge in [-0.25, -0.2) is 0 Å². The van der Waals surface area contributed by atoms with Crippen LogP contribution in [0.15, 0.2) is 4.99 Å². The molecule has 142 valence electrons. The molecule has 0 aliphatic heterocycles. The summed E-state index contributed by atoms with van der Waals surface area (Å²) in [6.45, 7) is 11.3. The molecule has 1 amide bonds. The fourth-order valence-corrected chi connectivity index (χ4v) is 2.30. The summed E-state index contributed by atoms with van der Waals surface area (Å²) >= 11 is 0. The highest BCUT2D eigenvalue weighted by molar-refractivity contribution is 14.0. The van der Waals surface area contributed by atoms with E-state index in [1.807, 2.05) is 32.7 Å². The quantitative estimate of drug-likeness (QED) is 0.225. The van der Waals surface area contributed by atoms with Crippen LogP contribution in [0, 0.1) is 5.92 Å². The van der Waals surface area contributed by atoms with E-state index in [2.05, 4.69) is 15.2 Å². The number of carbonyl (C=O) groups excluding carboxylic acids is 1. The lowest BCUT2D eigenvalue weighted by Gasteiger charge is -2.22. The first-order valence-electron chi connectivity index (χ1n) is 8.97. The van der Waals surface area contributed by atoms with Gasteiger partial charge in [-0.3, -0.25) is 9.79 Å². The van der Waals surface area contributed by atoms with Crippen LogP contribution in [-0.2, 0) is 9.53 Å². The Morgan fingerprint density at radius 1 is 1.25 bits per heavy atom. The Morgan fingerprint density at radius 3 is 2.46 bits per heavy atom. The van der Waals surface area contributed by atoms with Crippen LogP contribution in [0.5, 0.6) is 0 Å². The van der Waals surface area contributed by atoms with Crippen molar-refractivity contribution in [2.24, 2.45) is 10.9 Å². The standard InChI is InChI=1S/C17H34N4O2.HI/c1-5-18-17(19-11-10-16(22)21(6-2)7-3)20(4)12-13-23-14-15-8-9-15;/h15H,5-14H2,1-4H3,(H,18,19);1H. The Bertz CT molecular complexity index is 372. The van der Waals surface area contributed by atoms with Crippen LogP contribution in [0.3, 0.4) is 0 Å². The molecule has 1 aliphatic rings. The number of likely N-dealkylation sites (N-methyl/N-ethyl adjacent to an activating group) is 1. The van der Waals surface area contributed by atoms with Crippen LogP contribution < -0.4 is 5.32 Å². The van der Waals surface area contributed by atoms with Crippen molar-refractivity contribution >= 4 is 35.8 Å². The normalized spacial score (nSPS) is 14.1. The maximum Gasteiger partial charge on any atom is 0.224 e. The largest absolute Gasteiger partial charge is 0.379 e. The fourth-order valence-electron chi connectivity index (χ4n) is 2.30. The maximum absolute atomic E-state index is 12.0. The Hall–Kier alpha value is -0.570. The van der Waals surface area contributed by atoms with E-state index in [4.69, 9.17) is 4.74 Å². The summed E-state index contributed by atoms with van der Waals surface area (Å²) in [6.07, 6.45) is 3.10. The molecule has 0 radical (unpaired) electrons. The van der Waals surface area contributed by atoms with E-state index >= 15 is 0 Å². The molecule has 0 aromatic carbocycles. The molecule has 1 fully saturated rings. The molecular weight excluding hydrogens is 419 g/mol. The van der Waals surface area contributed by atoms with E-state index in [1.165, 1.54) is 12.8 Å². The molecule has 1 rings (SSSR count). The number of guanidine groups is 1. The highest BCUT2D eigenvalue weighted by Crippen LogP contribution is 2.28. The maximum atomic E-state index is 12.0. The lowest BCUT2D eigenvalue weighted by Crippen LogP contribution is -2.41. The van der Waals surface area contributed by atoms with Gasteiger partial charge < -0.3 is 19.9 Å². The summed E-state index contributed by atoms with van der Waals surface area (Å²) < 4.78 is 5.67. The van der Waals surface area contributed by atoms with Crippen molar-refractivity contribution in [3.05, 3.63) is 0 Å². The molecule has 1 N–H and O–H groups in total. The number of nitrogens with one attached hydrogen (secondary N) is 1. The monoisotopic (exact) mass is 454 g/mol. The zero-order chi connectivity index (χ0) is 17.1. The summed E-state index contributed by atoms with van der Waals surface area (Å²) in [5, 5.41) is 3.27. The summed E-state index contributed by atoms with van der Waals surface area (Å²) in [4.78, 5) is 20.5. The fraction of sp³-hybridized carbons (Fsp3) is 0.882. The van der Waals surface area contributed by atoms with Crippen molar-refractivity contribution in [1.82, 2.24) is 15.1 Å². The topological polar surface area (TPSA) is 57.2 Å². The van der Waals surface area contributed by atoms with Gasteiger partial charge in [-0.15, -0.1) is 24.0 Å². The summed E-state index contributed by atoms with van der Waals surface area (Å²) in [5.74, 6) is 1.81. The van der Waals surface area contributed by atoms with Crippen LogP contribution in [0.2, 0.25) is 0 Å². The minimum atomic E-state index is 0. The second-order valence-corrected chi connectivity index (χ2v) is 5.99. The molecule has 7 heteroatoms. The SMILES string of the molecule is CCNC(=NCCC(=O)N(CC)CC)N(C)CCOCC1CC1.I. The second-order valence-electron chi connectivity index (χ2n) is 5.99. The number of rotatable bonds is 11. The van der Waals surface area contributed by atoms with E-state index in [0.29, 0.717) is 13.0 Å². The highest BCUT2D eigenvalue weighted by Gasteiger charge is 2.21. The first-order valence-corrected chi connectivity index (χ1v) is 8.97. The molecule has 0 heterocycles. The number of carbonyl (C=O) groups is 1. The Labute approximate surface area is 164 Å². The Balaban J connectivity index is 0.00000529. The third kappa shape index (κ3) is 9.66. The van der Waals surface area contributed by atoms with Crippen LogP contribution >= 0.6 is 24.0 Å². The van der Waals surface area contributed by atoms with Gasteiger partial charge in [0, 0.05) is 46.3 Å². The molecule has 0 atom stereocenters. The van der Waals surface area contributed by atoms with Crippen molar-refractivity contribution in [3.8, 4) is 0 Å². The van der Waals surface area contributed by atoms with Crippen LogP contribution in [-0.4, -0.2) is 74.7 Å². The van der Waals surface area contributed by atoms with E-state index < -0.39 is 0 Å². The molecule has 0 saturated heterocycles. The molecule has 24 heavy (non-hydrogen) atoms. The second kappa shape index (κ2) is 13.7. The lowest BCUT2D eigenvalue weighted by atomic mass is 10.3. The van der Waals surface area contributed by atoms with Gasteiger partial charge in [-0.1, -0.05) is 0 Å². The molecule has 6 nitrogen and oxygen atoms in total. The summed E-state index contributed by atoms with van der Waals surface area (Å²) in [7, 11) is 2.01. The molecule has 0 spiro atoms. The van der Waals surface area contributed by atoms with Crippen molar-refractivity contribution in [2.45, 2.75) is 40.0 Å². The van der Waals surface area contributed by atoms with Gasteiger partial charge in [-0.2, -0.15) is 0 Å². The van der Waals surface area contributed by atoms with Gasteiger partial charge in [0.25, 0.3) is 0 Å². The van der Waals surface area contributed by atoms with Crippen LogP contribution in [0.1, 0.15) is 40.0 Å². The number of ether oxygens (including phenoxy) is 1. The van der Waals surface area contributed by atoms with E-state index in [-0.39, 0.29) is 29.9 Å². The zero-order valence-electron chi connectivity index (χ0n) is 15.7. The predicted octanol–water partition coefficient (Wildman–Crippen LogP) is 2.19. The molecule has 0 aromatic heterocycles. The van der Waals surface area contributed by atoms with E-state index in [0.717, 1.165) is 51.3 Å². The molecular formula is C17H35IN4O2. The number of hydrogen-bond acceptors (Lipinski definition) is 3. The smallest absolute Gasteiger partial charge is 0.224 e. The third-order valence-corrected chi connectivity index (χ3v) is 4.02. The summed E-state index contributed by atoms with van der Waals surface area (Å²) in [6, 6.07) is 0. The zero-order valence-corrected chi connectivity index (χ0v) is 18.0. The van der Waals surface area contributed by atoms with Crippen LogP contribution in [0.4, 0.5) is 0 Å². The van der Waals surface area contributed by atoms with Crippen molar-refractivity contribution in [2.75, 3.05) is 53.0 Å². The van der Waals surface area contributed by atoms with Gasteiger partial charge in [0.1, 0.15) is 0 Å². The Morgan fingerprint density at radius 2 is 1.92 bits per heavy atom. The molecule has 0 aromatic rings. The first-order chi connectivity index (χ1) is 11.1. The van der Waals surface area contributed by atoms with Gasteiger partial charge in [0.15, 0.2) is 5.96 Å². The van der Waals surface area contributed by atoms with Crippen molar-refractivity contribution in [3.63, 3.8) is 0 Å². The van der Waals surface area contributed by atoms with Crippen molar-refractivity contribution < 1.29 is 9.53 Å². The third-order valence-electron chi connectivity index (χ3n) is 4.02. The number of halogens is 1. The average molecular weight is 454 g/mol. The number of hydrogen-bond donors (Lipinski definition) is 1. The van der Waals surface area contributed by atoms with Gasteiger partial charge in [0.2, 0.25) is 5.91 Å². The van der Waals surface area contributed by atoms with Gasteiger partial charge in [-0.05, 0) is 39.5 Å². The molecule has 1 saturated carbocycles. The number of nitrogens with zero attached hydrogens (tertiary/aromatic N) is 3. The lowest BCUT2D eigenvalue weighted by molar-refractivity contribution is -0.130. The number of amides is 1. The summed E-state index contributed by atoms with van der Waals surface area (Å²) in [5.41, 5.74) is 0. The van der Waals surface area contributed by atoms with Gasteiger partial charge in [0.05, 0.1) is 13.2 Å². The van der Waals surface area contributed by atoms with E-state index in [9.17, 15) is 4.79 Å². The minimum absolute atomic E-state index is 0. The Kier molecular flexibility index (Phi) is 13.4. The van der Waals surface area contributed by atoms with Crippen molar-refractivity contribution in [1.29, 1.82) is 0 Å².